The zero-order valence-corrected chi connectivity index (χ0v) is 12.0. The average Bonchev–Trinajstić information content (AvgIpc) is 3.22. The lowest BCUT2D eigenvalue weighted by Gasteiger charge is -2.25. The second-order valence-electron chi connectivity index (χ2n) is 4.58. The molecule has 8 heteroatoms. The van der Waals surface area contributed by atoms with E-state index in [1.54, 1.807) is 10.8 Å². The largest absolute Gasteiger partial charge is 0.465 e. The van der Waals surface area contributed by atoms with Crippen LogP contribution in [0.2, 0.25) is 0 Å². The van der Waals surface area contributed by atoms with Gasteiger partial charge in [0.2, 0.25) is 10.9 Å². The normalized spacial score (nSPS) is 16.3. The van der Waals surface area contributed by atoms with Crippen molar-refractivity contribution in [1.82, 2.24) is 19.8 Å². The summed E-state index contributed by atoms with van der Waals surface area (Å²) in [4.78, 5) is 2.93. The van der Waals surface area contributed by atoms with Crippen molar-refractivity contribution in [1.29, 1.82) is 0 Å². The van der Waals surface area contributed by atoms with Crippen LogP contribution in [0, 0.1) is 0 Å². The predicted molar refractivity (Wildman–Crippen MR) is 79.3 cm³/mol. The highest BCUT2D eigenvalue weighted by molar-refractivity contribution is 7.17. The van der Waals surface area contributed by atoms with E-state index >= 15 is 0 Å². The van der Waals surface area contributed by atoms with E-state index in [1.807, 2.05) is 24.3 Å². The Kier molecular flexibility index (Phi) is 3.17. The van der Waals surface area contributed by atoms with E-state index in [9.17, 15) is 0 Å². The van der Waals surface area contributed by atoms with E-state index in [2.05, 4.69) is 20.2 Å². The third-order valence-corrected chi connectivity index (χ3v) is 4.08. The van der Waals surface area contributed by atoms with E-state index in [0.717, 1.165) is 34.8 Å². The molecule has 0 saturated carbocycles. The van der Waals surface area contributed by atoms with Crippen LogP contribution in [0.15, 0.2) is 22.8 Å². The fourth-order valence-electron chi connectivity index (χ4n) is 2.19. The molecule has 0 N–H and O–H groups in total. The number of rotatable bonds is 3. The third kappa shape index (κ3) is 2.43. The summed E-state index contributed by atoms with van der Waals surface area (Å²) in [7, 11) is 0. The Balaban J connectivity index is 1.62. The lowest BCUT2D eigenvalue weighted by molar-refractivity contribution is 0.122. The molecule has 0 aromatic carbocycles. The van der Waals surface area contributed by atoms with Gasteiger partial charge >= 0.3 is 0 Å². The van der Waals surface area contributed by atoms with Crippen molar-refractivity contribution >= 4 is 34.4 Å². The standard InChI is InChI=1S/C13H13N5O2S/c1-2-10(20-7-1)3-4-11-16-18-12(14-15-13(18)21-11)17-5-8-19-9-6-17/h1-4,7H,5-6,8-9H2/b4-3+. The average molecular weight is 303 g/mol. The first kappa shape index (κ1) is 12.5. The summed E-state index contributed by atoms with van der Waals surface area (Å²) in [6, 6.07) is 3.75. The molecule has 3 aromatic heterocycles. The van der Waals surface area contributed by atoms with Crippen molar-refractivity contribution < 1.29 is 9.15 Å². The zero-order valence-electron chi connectivity index (χ0n) is 11.2. The fourth-order valence-corrected chi connectivity index (χ4v) is 2.93. The first-order valence-corrected chi connectivity index (χ1v) is 7.48. The van der Waals surface area contributed by atoms with Gasteiger partial charge in [-0.3, -0.25) is 0 Å². The van der Waals surface area contributed by atoms with Gasteiger partial charge in [0.1, 0.15) is 10.8 Å². The number of furan rings is 1. The van der Waals surface area contributed by atoms with Gasteiger partial charge in [0, 0.05) is 13.1 Å². The van der Waals surface area contributed by atoms with E-state index in [0.29, 0.717) is 13.2 Å². The summed E-state index contributed by atoms with van der Waals surface area (Å²) in [6.45, 7) is 3.06. The van der Waals surface area contributed by atoms with Crippen LogP contribution in [-0.2, 0) is 4.74 Å². The molecule has 0 radical (unpaired) electrons. The first-order valence-electron chi connectivity index (χ1n) is 6.67. The molecule has 0 atom stereocenters. The smallest absolute Gasteiger partial charge is 0.249 e. The summed E-state index contributed by atoms with van der Waals surface area (Å²) in [5.74, 6) is 1.58. The molecular formula is C13H13N5O2S. The summed E-state index contributed by atoms with van der Waals surface area (Å²) in [6.07, 6.45) is 5.45. The molecule has 4 rings (SSSR count). The number of aromatic nitrogens is 4. The minimum Gasteiger partial charge on any atom is -0.465 e. The van der Waals surface area contributed by atoms with Gasteiger partial charge in [-0.15, -0.1) is 10.2 Å². The molecule has 3 aromatic rings. The first-order chi connectivity index (χ1) is 10.4. The van der Waals surface area contributed by atoms with Crippen LogP contribution in [-0.4, -0.2) is 46.1 Å². The van der Waals surface area contributed by atoms with Gasteiger partial charge in [-0.1, -0.05) is 11.3 Å². The van der Waals surface area contributed by atoms with E-state index in [1.165, 1.54) is 11.3 Å². The molecule has 0 amide bonds. The Labute approximate surface area is 124 Å². The van der Waals surface area contributed by atoms with Crippen LogP contribution in [0.4, 0.5) is 5.95 Å². The predicted octanol–water partition coefficient (Wildman–Crippen LogP) is 1.79. The minimum atomic E-state index is 0.713. The topological polar surface area (TPSA) is 68.7 Å². The zero-order chi connectivity index (χ0) is 14.1. The summed E-state index contributed by atoms with van der Waals surface area (Å²) in [5.41, 5.74) is 0. The van der Waals surface area contributed by atoms with Crippen molar-refractivity contribution in [2.24, 2.45) is 0 Å². The van der Waals surface area contributed by atoms with E-state index < -0.39 is 0 Å². The number of fused-ring (bicyclic) bond motifs is 1. The quantitative estimate of drug-likeness (QED) is 0.735. The Morgan fingerprint density at radius 1 is 1.19 bits per heavy atom. The highest BCUT2D eigenvalue weighted by Gasteiger charge is 2.19. The molecular weight excluding hydrogens is 290 g/mol. The van der Waals surface area contributed by atoms with Crippen LogP contribution < -0.4 is 4.90 Å². The number of hydrogen-bond donors (Lipinski definition) is 0. The molecule has 0 spiro atoms. The Bertz CT molecular complexity index is 755. The van der Waals surface area contributed by atoms with Gasteiger partial charge < -0.3 is 14.1 Å². The van der Waals surface area contributed by atoms with Crippen LogP contribution >= 0.6 is 11.3 Å². The number of ether oxygens (including phenoxy) is 1. The molecule has 1 aliphatic rings. The highest BCUT2D eigenvalue weighted by atomic mass is 32.1. The Hall–Kier alpha value is -2.19. The Morgan fingerprint density at radius 3 is 2.90 bits per heavy atom. The Morgan fingerprint density at radius 2 is 2.10 bits per heavy atom. The minimum absolute atomic E-state index is 0.713. The van der Waals surface area contributed by atoms with Crippen molar-refractivity contribution in [3.8, 4) is 0 Å². The number of anilines is 1. The molecule has 21 heavy (non-hydrogen) atoms. The summed E-state index contributed by atoms with van der Waals surface area (Å²) < 4.78 is 12.4. The second kappa shape index (κ2) is 5.30. The molecule has 7 nitrogen and oxygen atoms in total. The van der Waals surface area contributed by atoms with Gasteiger partial charge in [-0.25, -0.2) is 0 Å². The lowest BCUT2D eigenvalue weighted by Crippen LogP contribution is -2.37. The molecule has 1 saturated heterocycles. The fraction of sp³-hybridized carbons (Fsp3) is 0.308. The molecule has 1 fully saturated rings. The van der Waals surface area contributed by atoms with E-state index in [-0.39, 0.29) is 0 Å². The van der Waals surface area contributed by atoms with Gasteiger partial charge in [0.05, 0.1) is 19.5 Å². The van der Waals surface area contributed by atoms with Gasteiger partial charge in [0.25, 0.3) is 0 Å². The van der Waals surface area contributed by atoms with Gasteiger partial charge in [-0.2, -0.15) is 9.61 Å². The van der Waals surface area contributed by atoms with Crippen molar-refractivity contribution in [2.45, 2.75) is 0 Å². The van der Waals surface area contributed by atoms with Crippen molar-refractivity contribution in [3.05, 3.63) is 29.2 Å². The monoisotopic (exact) mass is 303 g/mol. The number of hydrogen-bond acceptors (Lipinski definition) is 7. The summed E-state index contributed by atoms with van der Waals surface area (Å²) >= 11 is 1.50. The highest BCUT2D eigenvalue weighted by Crippen LogP contribution is 2.21. The van der Waals surface area contributed by atoms with Crippen LogP contribution in [0.5, 0.6) is 0 Å². The maximum absolute atomic E-state index is 5.36. The number of morpholine rings is 1. The second-order valence-corrected chi connectivity index (χ2v) is 5.57. The van der Waals surface area contributed by atoms with Crippen molar-refractivity contribution in [3.63, 3.8) is 0 Å². The van der Waals surface area contributed by atoms with Crippen molar-refractivity contribution in [2.75, 3.05) is 31.2 Å². The van der Waals surface area contributed by atoms with Crippen LogP contribution in [0.1, 0.15) is 10.8 Å². The summed E-state index contributed by atoms with van der Waals surface area (Å²) in [5, 5.41) is 13.8. The molecule has 0 bridgehead atoms. The molecule has 4 heterocycles. The molecule has 1 aliphatic heterocycles. The van der Waals surface area contributed by atoms with Gasteiger partial charge in [-0.05, 0) is 24.3 Å². The van der Waals surface area contributed by atoms with Crippen LogP contribution in [0.25, 0.3) is 17.1 Å². The maximum Gasteiger partial charge on any atom is 0.249 e. The van der Waals surface area contributed by atoms with Gasteiger partial charge in [0.15, 0.2) is 0 Å². The maximum atomic E-state index is 5.36. The van der Waals surface area contributed by atoms with Crippen LogP contribution in [0.3, 0.4) is 0 Å². The molecule has 0 unspecified atom stereocenters. The third-order valence-electron chi connectivity index (χ3n) is 3.22. The molecule has 0 aliphatic carbocycles. The lowest BCUT2D eigenvalue weighted by atomic mass is 10.4. The number of nitrogens with zero attached hydrogens (tertiary/aromatic N) is 5. The van der Waals surface area contributed by atoms with E-state index in [4.69, 9.17) is 9.15 Å². The molecule has 108 valence electrons. The SMILES string of the molecule is C(=C\c1nn2c(N3CCOCC3)nnc2s1)/c1ccco1.